The van der Waals surface area contributed by atoms with Gasteiger partial charge in [0.1, 0.15) is 0 Å². The molecule has 0 aromatic heterocycles. The SMILES string of the molecule is CCCCOc1ccc(/C=C/C(=O)Nc2cccc(CN3CCCCC3=O)c2)cc1OC. The van der Waals surface area contributed by atoms with Crippen LogP contribution in [0.1, 0.15) is 50.2 Å². The van der Waals surface area contributed by atoms with Gasteiger partial charge in [-0.15, -0.1) is 0 Å². The maximum atomic E-state index is 12.4. The highest BCUT2D eigenvalue weighted by Crippen LogP contribution is 2.28. The van der Waals surface area contributed by atoms with Crippen LogP contribution < -0.4 is 14.8 Å². The van der Waals surface area contributed by atoms with Gasteiger partial charge in [-0.25, -0.2) is 0 Å². The molecule has 6 heteroatoms. The number of carbonyl (C=O) groups excluding carboxylic acids is 2. The Morgan fingerprint density at radius 3 is 2.81 bits per heavy atom. The lowest BCUT2D eigenvalue weighted by Gasteiger charge is -2.26. The molecule has 1 fully saturated rings. The summed E-state index contributed by atoms with van der Waals surface area (Å²) in [6.07, 6.45) is 7.93. The lowest BCUT2D eigenvalue weighted by Crippen LogP contribution is -2.34. The van der Waals surface area contributed by atoms with Crippen molar-refractivity contribution in [1.29, 1.82) is 0 Å². The second-order valence-electron chi connectivity index (χ2n) is 7.91. The predicted molar refractivity (Wildman–Crippen MR) is 127 cm³/mol. The zero-order valence-corrected chi connectivity index (χ0v) is 18.9. The first kappa shape index (κ1) is 23.4. The number of amides is 2. The van der Waals surface area contributed by atoms with Crippen LogP contribution in [0.2, 0.25) is 0 Å². The van der Waals surface area contributed by atoms with Gasteiger partial charge in [0.05, 0.1) is 13.7 Å². The number of methoxy groups -OCH3 is 1. The van der Waals surface area contributed by atoms with Gasteiger partial charge < -0.3 is 19.7 Å². The Labute approximate surface area is 190 Å². The molecule has 1 saturated heterocycles. The number of likely N-dealkylation sites (tertiary alicyclic amines) is 1. The molecular weight excluding hydrogens is 404 g/mol. The molecule has 0 aliphatic carbocycles. The molecule has 3 rings (SSSR count). The van der Waals surface area contributed by atoms with E-state index in [-0.39, 0.29) is 11.8 Å². The van der Waals surface area contributed by atoms with Gasteiger partial charge in [0, 0.05) is 31.3 Å². The largest absolute Gasteiger partial charge is 0.493 e. The van der Waals surface area contributed by atoms with E-state index in [2.05, 4.69) is 12.2 Å². The van der Waals surface area contributed by atoms with Crippen LogP contribution >= 0.6 is 0 Å². The summed E-state index contributed by atoms with van der Waals surface area (Å²) in [5.41, 5.74) is 2.56. The number of hydrogen-bond donors (Lipinski definition) is 1. The smallest absolute Gasteiger partial charge is 0.248 e. The molecule has 0 spiro atoms. The average molecular weight is 437 g/mol. The van der Waals surface area contributed by atoms with E-state index < -0.39 is 0 Å². The van der Waals surface area contributed by atoms with E-state index in [9.17, 15) is 9.59 Å². The molecule has 2 aromatic rings. The van der Waals surface area contributed by atoms with Crippen molar-refractivity contribution in [3.8, 4) is 11.5 Å². The fraction of sp³-hybridized carbons (Fsp3) is 0.385. The summed E-state index contributed by atoms with van der Waals surface area (Å²) in [6.45, 7) is 4.13. The molecule has 0 atom stereocenters. The van der Waals surface area contributed by atoms with Crippen LogP contribution in [0.25, 0.3) is 6.08 Å². The first-order valence-corrected chi connectivity index (χ1v) is 11.3. The number of anilines is 1. The second-order valence-corrected chi connectivity index (χ2v) is 7.91. The highest BCUT2D eigenvalue weighted by molar-refractivity contribution is 6.02. The minimum absolute atomic E-state index is 0.200. The molecule has 1 N–H and O–H groups in total. The van der Waals surface area contributed by atoms with Gasteiger partial charge in [-0.2, -0.15) is 0 Å². The zero-order valence-electron chi connectivity index (χ0n) is 18.9. The molecule has 6 nitrogen and oxygen atoms in total. The number of carbonyl (C=O) groups is 2. The van der Waals surface area contributed by atoms with Gasteiger partial charge in [-0.05, 0) is 60.7 Å². The van der Waals surface area contributed by atoms with Gasteiger partial charge in [0.2, 0.25) is 11.8 Å². The van der Waals surface area contributed by atoms with Crippen molar-refractivity contribution in [2.24, 2.45) is 0 Å². The van der Waals surface area contributed by atoms with Crippen molar-refractivity contribution in [3.05, 3.63) is 59.7 Å². The normalized spacial score (nSPS) is 13.9. The molecule has 170 valence electrons. The van der Waals surface area contributed by atoms with Crippen LogP contribution in [-0.2, 0) is 16.1 Å². The van der Waals surface area contributed by atoms with E-state index in [1.165, 1.54) is 6.08 Å². The molecule has 0 saturated carbocycles. The van der Waals surface area contributed by atoms with Gasteiger partial charge in [-0.1, -0.05) is 31.5 Å². The van der Waals surface area contributed by atoms with Crippen LogP contribution in [0.15, 0.2) is 48.5 Å². The van der Waals surface area contributed by atoms with Gasteiger partial charge in [0.15, 0.2) is 11.5 Å². The third-order valence-electron chi connectivity index (χ3n) is 5.36. The van der Waals surface area contributed by atoms with Crippen molar-refractivity contribution < 1.29 is 19.1 Å². The molecular formula is C26H32N2O4. The first-order chi connectivity index (χ1) is 15.6. The summed E-state index contributed by atoms with van der Waals surface area (Å²) in [4.78, 5) is 26.3. The third-order valence-corrected chi connectivity index (χ3v) is 5.36. The summed E-state index contributed by atoms with van der Waals surface area (Å²) in [5, 5.41) is 2.89. The van der Waals surface area contributed by atoms with Gasteiger partial charge >= 0.3 is 0 Å². The zero-order chi connectivity index (χ0) is 22.8. The lowest BCUT2D eigenvalue weighted by molar-refractivity contribution is -0.133. The van der Waals surface area contributed by atoms with Crippen molar-refractivity contribution in [1.82, 2.24) is 4.90 Å². The molecule has 0 bridgehead atoms. The van der Waals surface area contributed by atoms with Crippen LogP contribution in [0.5, 0.6) is 11.5 Å². The first-order valence-electron chi connectivity index (χ1n) is 11.3. The fourth-order valence-electron chi connectivity index (χ4n) is 3.59. The highest BCUT2D eigenvalue weighted by atomic mass is 16.5. The van der Waals surface area contributed by atoms with Crippen LogP contribution in [-0.4, -0.2) is 37.0 Å². The molecule has 1 aliphatic rings. The Bertz CT molecular complexity index is 955. The standard InChI is InChI=1S/C26H32N2O4/c1-3-4-16-32-23-13-11-20(18-24(23)31-2)12-14-25(29)27-22-9-7-8-21(17-22)19-28-15-6-5-10-26(28)30/h7-9,11-14,17-18H,3-6,10,15-16,19H2,1-2H3,(H,27,29)/b14-12+. The van der Waals surface area contributed by atoms with Gasteiger partial charge in [0.25, 0.3) is 0 Å². The van der Waals surface area contributed by atoms with E-state index in [0.29, 0.717) is 36.8 Å². The summed E-state index contributed by atoms with van der Waals surface area (Å²) in [5.74, 6) is 1.32. The molecule has 0 unspecified atom stereocenters. The fourth-order valence-corrected chi connectivity index (χ4v) is 3.59. The van der Waals surface area contributed by atoms with E-state index >= 15 is 0 Å². The van der Waals surface area contributed by atoms with Crippen molar-refractivity contribution in [2.45, 2.75) is 45.6 Å². The number of piperidine rings is 1. The number of nitrogens with one attached hydrogen (secondary N) is 1. The quantitative estimate of drug-likeness (QED) is 0.419. The molecule has 1 aliphatic heterocycles. The van der Waals surface area contributed by atoms with Crippen LogP contribution in [0.3, 0.4) is 0 Å². The van der Waals surface area contributed by atoms with Crippen LogP contribution in [0, 0.1) is 0 Å². The highest BCUT2D eigenvalue weighted by Gasteiger charge is 2.18. The Morgan fingerprint density at radius 1 is 1.16 bits per heavy atom. The Kier molecular flexibility index (Phi) is 8.72. The van der Waals surface area contributed by atoms with Crippen LogP contribution in [0.4, 0.5) is 5.69 Å². The Morgan fingerprint density at radius 2 is 2.03 bits per heavy atom. The minimum Gasteiger partial charge on any atom is -0.493 e. The van der Waals surface area contributed by atoms with E-state index in [1.54, 1.807) is 13.2 Å². The maximum Gasteiger partial charge on any atom is 0.248 e. The number of rotatable bonds is 10. The number of ether oxygens (including phenoxy) is 2. The Hall–Kier alpha value is -3.28. The molecule has 32 heavy (non-hydrogen) atoms. The molecule has 2 aromatic carbocycles. The predicted octanol–water partition coefficient (Wildman–Crippen LogP) is 5.04. The number of benzene rings is 2. The minimum atomic E-state index is -0.224. The number of unbranched alkanes of at least 4 members (excludes halogenated alkanes) is 1. The average Bonchev–Trinajstić information content (AvgIpc) is 2.80. The molecule has 1 heterocycles. The van der Waals surface area contributed by atoms with E-state index in [0.717, 1.165) is 43.4 Å². The number of hydrogen-bond acceptors (Lipinski definition) is 4. The lowest BCUT2D eigenvalue weighted by atomic mass is 10.1. The van der Waals surface area contributed by atoms with Gasteiger partial charge in [-0.3, -0.25) is 9.59 Å². The van der Waals surface area contributed by atoms with Crippen molar-refractivity contribution in [2.75, 3.05) is 25.6 Å². The van der Waals surface area contributed by atoms with E-state index in [1.807, 2.05) is 47.4 Å². The maximum absolute atomic E-state index is 12.4. The molecule has 0 radical (unpaired) electrons. The second kappa shape index (κ2) is 11.9. The Balaban J connectivity index is 1.58. The summed E-state index contributed by atoms with van der Waals surface area (Å²) in [7, 11) is 1.60. The summed E-state index contributed by atoms with van der Waals surface area (Å²) < 4.78 is 11.2. The number of nitrogens with zero attached hydrogens (tertiary/aromatic N) is 1. The topological polar surface area (TPSA) is 67.9 Å². The summed E-state index contributed by atoms with van der Waals surface area (Å²) >= 11 is 0. The van der Waals surface area contributed by atoms with Crippen molar-refractivity contribution >= 4 is 23.6 Å². The van der Waals surface area contributed by atoms with Crippen molar-refractivity contribution in [3.63, 3.8) is 0 Å². The monoisotopic (exact) mass is 436 g/mol. The third kappa shape index (κ3) is 6.87. The molecule has 2 amide bonds. The van der Waals surface area contributed by atoms with E-state index in [4.69, 9.17) is 9.47 Å². The summed E-state index contributed by atoms with van der Waals surface area (Å²) in [6, 6.07) is 13.2.